The number of urea groups is 1. The molecule has 2 amide bonds. The Morgan fingerprint density at radius 3 is 3.12 bits per heavy atom. The van der Waals surface area contributed by atoms with Gasteiger partial charge in [-0.25, -0.2) is 4.79 Å². The minimum atomic E-state index is 0.0749. The van der Waals surface area contributed by atoms with Crippen molar-refractivity contribution in [3.05, 3.63) is 29.3 Å². The first-order chi connectivity index (χ1) is 8.25. The van der Waals surface area contributed by atoms with Crippen LogP contribution >= 0.6 is 0 Å². The van der Waals surface area contributed by atoms with E-state index in [-0.39, 0.29) is 12.1 Å². The van der Waals surface area contributed by atoms with Gasteiger partial charge >= 0.3 is 6.03 Å². The molecule has 1 heterocycles. The Balaban J connectivity index is 1.90. The number of hydrogen-bond donors (Lipinski definition) is 2. The van der Waals surface area contributed by atoms with Crippen molar-refractivity contribution in [2.45, 2.75) is 25.3 Å². The molecule has 1 atom stereocenters. The molecule has 1 fully saturated rings. The molecule has 4 nitrogen and oxygen atoms in total. The van der Waals surface area contributed by atoms with Crippen LogP contribution in [0.4, 0.5) is 10.5 Å². The van der Waals surface area contributed by atoms with E-state index < -0.39 is 0 Å². The lowest BCUT2D eigenvalue weighted by Crippen LogP contribution is -2.47. The summed E-state index contributed by atoms with van der Waals surface area (Å²) in [6, 6.07) is 6.36. The van der Waals surface area contributed by atoms with E-state index in [0.717, 1.165) is 38.0 Å². The third kappa shape index (κ3) is 1.73. The Morgan fingerprint density at radius 2 is 2.29 bits per heavy atom. The number of nitrogens with zero attached hydrogens (tertiary/aromatic N) is 1. The van der Waals surface area contributed by atoms with Gasteiger partial charge < -0.3 is 16.0 Å². The zero-order valence-electron chi connectivity index (χ0n) is 9.78. The summed E-state index contributed by atoms with van der Waals surface area (Å²) in [5.74, 6) is 0. The number of benzene rings is 1. The van der Waals surface area contributed by atoms with Crippen molar-refractivity contribution >= 4 is 11.7 Å². The average molecular weight is 231 g/mol. The van der Waals surface area contributed by atoms with Crippen LogP contribution in [-0.2, 0) is 6.42 Å². The van der Waals surface area contributed by atoms with Crippen molar-refractivity contribution in [3.8, 4) is 0 Å². The molecular weight excluding hydrogens is 214 g/mol. The third-order valence-electron chi connectivity index (χ3n) is 3.70. The van der Waals surface area contributed by atoms with Crippen LogP contribution in [0.3, 0.4) is 0 Å². The zero-order valence-corrected chi connectivity index (χ0v) is 9.78. The van der Waals surface area contributed by atoms with Crippen molar-refractivity contribution in [1.29, 1.82) is 0 Å². The number of carbonyl (C=O) groups excluding carboxylic acids is 1. The molecule has 0 saturated carbocycles. The van der Waals surface area contributed by atoms with Crippen LogP contribution in [0.15, 0.2) is 18.2 Å². The molecule has 1 saturated heterocycles. The number of nitrogens with one attached hydrogen (secondary N) is 1. The van der Waals surface area contributed by atoms with Gasteiger partial charge in [0, 0.05) is 18.8 Å². The molecule has 2 aliphatic rings. The van der Waals surface area contributed by atoms with Crippen molar-refractivity contribution < 1.29 is 4.79 Å². The fourth-order valence-electron chi connectivity index (χ4n) is 2.88. The lowest BCUT2D eigenvalue weighted by Gasteiger charge is -2.33. The maximum Gasteiger partial charge on any atom is 0.317 e. The van der Waals surface area contributed by atoms with Gasteiger partial charge in [0.25, 0.3) is 0 Å². The van der Waals surface area contributed by atoms with Gasteiger partial charge in [-0.2, -0.15) is 0 Å². The largest absolute Gasteiger partial charge is 0.399 e. The van der Waals surface area contributed by atoms with E-state index in [2.05, 4.69) is 11.4 Å². The van der Waals surface area contributed by atoms with Gasteiger partial charge in [0.15, 0.2) is 0 Å². The molecule has 1 aliphatic carbocycles. The van der Waals surface area contributed by atoms with Crippen LogP contribution in [0.5, 0.6) is 0 Å². The summed E-state index contributed by atoms with van der Waals surface area (Å²) < 4.78 is 0. The number of nitrogens with two attached hydrogens (primary N) is 1. The molecule has 0 radical (unpaired) electrons. The first kappa shape index (κ1) is 10.4. The van der Waals surface area contributed by atoms with Crippen molar-refractivity contribution in [1.82, 2.24) is 10.2 Å². The van der Waals surface area contributed by atoms with E-state index in [1.807, 2.05) is 17.0 Å². The lowest BCUT2D eigenvalue weighted by atomic mass is 10.1. The second kappa shape index (κ2) is 3.95. The Hall–Kier alpha value is -1.71. The Bertz CT molecular complexity index is 458. The van der Waals surface area contributed by atoms with E-state index >= 15 is 0 Å². The van der Waals surface area contributed by atoms with Gasteiger partial charge in [0.2, 0.25) is 0 Å². The Labute approximate surface area is 101 Å². The summed E-state index contributed by atoms with van der Waals surface area (Å²) in [5.41, 5.74) is 9.18. The molecule has 0 aromatic heterocycles. The summed E-state index contributed by atoms with van der Waals surface area (Å²) in [5, 5.41) is 2.91. The topological polar surface area (TPSA) is 58.4 Å². The fourth-order valence-corrected chi connectivity index (χ4v) is 2.88. The maximum absolute atomic E-state index is 11.8. The summed E-state index contributed by atoms with van der Waals surface area (Å²) in [7, 11) is 0. The highest BCUT2D eigenvalue weighted by molar-refractivity contribution is 5.75. The monoisotopic (exact) mass is 231 g/mol. The average Bonchev–Trinajstić information content (AvgIpc) is 2.72. The van der Waals surface area contributed by atoms with Crippen LogP contribution in [0.1, 0.15) is 30.0 Å². The normalized spacial score (nSPS) is 23.4. The number of carbonyl (C=O) groups is 1. The van der Waals surface area contributed by atoms with E-state index in [0.29, 0.717) is 0 Å². The molecule has 0 spiro atoms. The van der Waals surface area contributed by atoms with E-state index in [9.17, 15) is 4.79 Å². The second-order valence-corrected chi connectivity index (χ2v) is 4.79. The van der Waals surface area contributed by atoms with Crippen LogP contribution in [0.25, 0.3) is 0 Å². The van der Waals surface area contributed by atoms with Crippen molar-refractivity contribution in [2.24, 2.45) is 0 Å². The summed E-state index contributed by atoms with van der Waals surface area (Å²) in [4.78, 5) is 13.8. The highest BCUT2D eigenvalue weighted by Crippen LogP contribution is 2.37. The number of anilines is 1. The highest BCUT2D eigenvalue weighted by atomic mass is 16.2. The predicted octanol–water partition coefficient (Wildman–Crippen LogP) is 1.67. The van der Waals surface area contributed by atoms with Crippen LogP contribution < -0.4 is 11.1 Å². The van der Waals surface area contributed by atoms with Crippen LogP contribution in [-0.4, -0.2) is 24.0 Å². The number of amides is 2. The molecule has 17 heavy (non-hydrogen) atoms. The number of rotatable bonds is 1. The first-order valence-electron chi connectivity index (χ1n) is 6.18. The molecular formula is C13H17N3O. The maximum atomic E-state index is 11.8. The Kier molecular flexibility index (Phi) is 2.42. The van der Waals surface area contributed by atoms with Crippen molar-refractivity contribution in [3.63, 3.8) is 0 Å². The summed E-state index contributed by atoms with van der Waals surface area (Å²) in [6.45, 7) is 1.66. The first-order valence-corrected chi connectivity index (χ1v) is 6.18. The minimum absolute atomic E-state index is 0.0749. The molecule has 4 heteroatoms. The van der Waals surface area contributed by atoms with E-state index in [1.54, 1.807) is 0 Å². The highest BCUT2D eigenvalue weighted by Gasteiger charge is 2.32. The molecule has 3 rings (SSSR count). The fraction of sp³-hybridized carbons (Fsp3) is 0.462. The molecule has 1 unspecified atom stereocenters. The minimum Gasteiger partial charge on any atom is -0.399 e. The molecule has 3 N–H and O–H groups in total. The van der Waals surface area contributed by atoms with E-state index in [4.69, 9.17) is 5.73 Å². The molecule has 1 aromatic carbocycles. The molecule has 1 aliphatic heterocycles. The Morgan fingerprint density at radius 1 is 1.41 bits per heavy atom. The number of aryl methyl sites for hydroxylation is 1. The third-order valence-corrected chi connectivity index (χ3v) is 3.70. The molecule has 1 aromatic rings. The van der Waals surface area contributed by atoms with Gasteiger partial charge in [-0.05, 0) is 42.5 Å². The van der Waals surface area contributed by atoms with Crippen LogP contribution in [0, 0.1) is 0 Å². The van der Waals surface area contributed by atoms with Gasteiger partial charge in [-0.3, -0.25) is 0 Å². The lowest BCUT2D eigenvalue weighted by molar-refractivity contribution is 0.161. The number of hydrogen-bond acceptors (Lipinski definition) is 2. The van der Waals surface area contributed by atoms with Gasteiger partial charge in [-0.1, -0.05) is 6.07 Å². The number of nitrogen functional groups attached to an aromatic ring is 1. The van der Waals surface area contributed by atoms with E-state index in [1.165, 1.54) is 11.1 Å². The zero-order chi connectivity index (χ0) is 11.8. The van der Waals surface area contributed by atoms with Gasteiger partial charge in [-0.15, -0.1) is 0 Å². The SMILES string of the molecule is Nc1ccc2c(c1)CCC2N1CCCNC1=O. The summed E-state index contributed by atoms with van der Waals surface area (Å²) in [6.07, 6.45) is 3.08. The quantitative estimate of drug-likeness (QED) is 0.722. The van der Waals surface area contributed by atoms with Gasteiger partial charge in [0.1, 0.15) is 0 Å². The molecule has 0 bridgehead atoms. The van der Waals surface area contributed by atoms with Gasteiger partial charge in [0.05, 0.1) is 6.04 Å². The second-order valence-electron chi connectivity index (χ2n) is 4.79. The standard InChI is InChI=1S/C13H17N3O/c14-10-3-4-11-9(8-10)2-5-12(11)16-7-1-6-15-13(16)17/h3-4,8,12H,1-2,5-7,14H2,(H,15,17). The summed E-state index contributed by atoms with van der Waals surface area (Å²) >= 11 is 0. The van der Waals surface area contributed by atoms with Crippen LogP contribution in [0.2, 0.25) is 0 Å². The molecule has 90 valence electrons. The number of fused-ring (bicyclic) bond motifs is 1. The predicted molar refractivity (Wildman–Crippen MR) is 66.6 cm³/mol. The smallest absolute Gasteiger partial charge is 0.317 e. The van der Waals surface area contributed by atoms with Crippen molar-refractivity contribution in [2.75, 3.05) is 18.8 Å².